The second-order valence-electron chi connectivity index (χ2n) is 9.48. The van der Waals surface area contributed by atoms with Gasteiger partial charge in [-0.05, 0) is 31.2 Å². The fraction of sp³-hybridized carbons (Fsp3) is 0.652. The number of nitrogens with one attached hydrogen (secondary N) is 1. The molecule has 3 saturated heterocycles. The fourth-order valence-electron chi connectivity index (χ4n) is 5.55. The number of aromatic nitrogens is 4. The Balaban J connectivity index is 1.28. The molecule has 3 fully saturated rings. The number of morpholine rings is 1. The third kappa shape index (κ3) is 4.29. The van der Waals surface area contributed by atoms with Crippen LogP contribution in [0.15, 0.2) is 23.0 Å². The van der Waals surface area contributed by atoms with E-state index in [4.69, 9.17) is 24.4 Å². The predicted octanol–water partition coefficient (Wildman–Crippen LogP) is 1.08. The average molecular weight is 454 g/mol. The van der Waals surface area contributed by atoms with Crippen molar-refractivity contribution >= 4 is 17.8 Å². The van der Waals surface area contributed by atoms with Crippen LogP contribution in [0.4, 0.5) is 17.8 Å². The van der Waals surface area contributed by atoms with E-state index in [1.165, 1.54) is 0 Å². The van der Waals surface area contributed by atoms with Crippen LogP contribution in [0, 0.1) is 5.92 Å². The maximum Gasteiger partial charge on any atom is 0.250 e. The summed E-state index contributed by atoms with van der Waals surface area (Å²) in [5.41, 5.74) is 1.23. The Labute approximate surface area is 192 Å². The highest BCUT2D eigenvalue weighted by atomic mass is 16.5. The number of hydrogen-bond acceptors (Lipinski definition) is 9. The van der Waals surface area contributed by atoms with Crippen molar-refractivity contribution in [2.45, 2.75) is 37.8 Å². The number of anilines is 3. The van der Waals surface area contributed by atoms with Gasteiger partial charge in [0.2, 0.25) is 17.8 Å². The molecule has 2 bridgehead atoms. The Kier molecular flexibility index (Phi) is 5.63. The second kappa shape index (κ2) is 8.90. The maximum absolute atomic E-state index is 12.4. The van der Waals surface area contributed by atoms with Crippen LogP contribution in [0.3, 0.4) is 0 Å². The predicted molar refractivity (Wildman–Crippen MR) is 124 cm³/mol. The molecule has 1 N–H and O–H groups in total. The lowest BCUT2D eigenvalue weighted by Crippen LogP contribution is -2.48. The zero-order valence-electron chi connectivity index (χ0n) is 18.9. The summed E-state index contributed by atoms with van der Waals surface area (Å²) in [4.78, 5) is 31.3. The molecule has 3 atom stereocenters. The number of ether oxygens (including phenoxy) is 2. The molecule has 0 saturated carbocycles. The molecule has 6 rings (SSSR count). The van der Waals surface area contributed by atoms with Gasteiger partial charge in [0.25, 0.3) is 5.56 Å². The van der Waals surface area contributed by atoms with Gasteiger partial charge in [-0.2, -0.15) is 15.0 Å². The van der Waals surface area contributed by atoms with E-state index in [1.54, 1.807) is 6.07 Å². The quantitative estimate of drug-likeness (QED) is 0.713. The second-order valence-corrected chi connectivity index (χ2v) is 9.48. The van der Waals surface area contributed by atoms with Crippen LogP contribution >= 0.6 is 0 Å². The van der Waals surface area contributed by atoms with E-state index in [0.717, 1.165) is 64.3 Å². The summed E-state index contributed by atoms with van der Waals surface area (Å²) in [6.07, 6.45) is 3.48. The van der Waals surface area contributed by atoms with Gasteiger partial charge < -0.3 is 29.2 Å². The normalized spacial score (nSPS) is 26.8. The number of nitrogens with zero attached hydrogens (tertiary/aromatic N) is 6. The Morgan fingerprint density at radius 3 is 2.67 bits per heavy atom. The van der Waals surface area contributed by atoms with Crippen molar-refractivity contribution in [3.05, 3.63) is 34.2 Å². The highest BCUT2D eigenvalue weighted by Crippen LogP contribution is 2.36. The molecule has 0 radical (unpaired) electrons. The van der Waals surface area contributed by atoms with Gasteiger partial charge in [0.15, 0.2) is 0 Å². The number of pyridine rings is 1. The van der Waals surface area contributed by atoms with E-state index < -0.39 is 0 Å². The molecule has 0 amide bonds. The molecule has 0 aliphatic carbocycles. The lowest BCUT2D eigenvalue weighted by molar-refractivity contribution is 0.120. The summed E-state index contributed by atoms with van der Waals surface area (Å²) in [5.74, 6) is 2.72. The fourth-order valence-corrected chi connectivity index (χ4v) is 5.55. The van der Waals surface area contributed by atoms with Crippen LogP contribution < -0.4 is 20.7 Å². The van der Waals surface area contributed by atoms with Gasteiger partial charge in [-0.3, -0.25) is 4.79 Å². The molecule has 0 aromatic carbocycles. The van der Waals surface area contributed by atoms with Crippen LogP contribution in [0.1, 0.15) is 30.9 Å². The van der Waals surface area contributed by atoms with Crippen molar-refractivity contribution in [1.29, 1.82) is 0 Å². The molecule has 176 valence electrons. The molecule has 10 heteroatoms. The topological polar surface area (TPSA) is 97.6 Å². The van der Waals surface area contributed by atoms with Gasteiger partial charge in [-0.15, -0.1) is 0 Å². The Hall–Kier alpha value is -2.72. The third-order valence-electron chi connectivity index (χ3n) is 7.18. The van der Waals surface area contributed by atoms with Crippen molar-refractivity contribution in [2.75, 3.05) is 67.7 Å². The van der Waals surface area contributed by atoms with E-state index in [9.17, 15) is 4.79 Å². The standard InChI is InChI=1S/C23H31N7O3/c31-20-5-1-4-19-17-11-16(14-30(19)20)13-29(15-17)23-26-21(24-12-18-3-2-8-33-18)25-22(27-23)28-6-9-32-10-7-28/h1,4-5,16-18H,2-3,6-15H2,(H,24,25,26,27). The van der Waals surface area contributed by atoms with Crippen LogP contribution in [0.5, 0.6) is 0 Å². The summed E-state index contributed by atoms with van der Waals surface area (Å²) in [5, 5.41) is 3.40. The highest BCUT2D eigenvalue weighted by Gasteiger charge is 2.36. The monoisotopic (exact) mass is 453 g/mol. The van der Waals surface area contributed by atoms with E-state index >= 15 is 0 Å². The van der Waals surface area contributed by atoms with Gasteiger partial charge in [0.1, 0.15) is 0 Å². The zero-order valence-corrected chi connectivity index (χ0v) is 18.9. The Bertz CT molecular complexity index is 1050. The Morgan fingerprint density at radius 1 is 1.00 bits per heavy atom. The number of hydrogen-bond donors (Lipinski definition) is 1. The highest BCUT2D eigenvalue weighted by molar-refractivity contribution is 5.46. The minimum absolute atomic E-state index is 0.103. The third-order valence-corrected chi connectivity index (χ3v) is 7.18. The van der Waals surface area contributed by atoms with Crippen molar-refractivity contribution in [2.24, 2.45) is 5.92 Å². The lowest BCUT2D eigenvalue weighted by Gasteiger charge is -2.42. The van der Waals surface area contributed by atoms with Gasteiger partial charge in [-0.25, -0.2) is 0 Å². The molecule has 6 heterocycles. The molecule has 0 spiro atoms. The minimum atomic E-state index is 0.103. The maximum atomic E-state index is 12.4. The van der Waals surface area contributed by atoms with E-state index in [-0.39, 0.29) is 11.7 Å². The summed E-state index contributed by atoms with van der Waals surface area (Å²) in [6.45, 7) is 6.84. The van der Waals surface area contributed by atoms with E-state index in [2.05, 4.69) is 21.2 Å². The first-order chi connectivity index (χ1) is 16.2. The van der Waals surface area contributed by atoms with Gasteiger partial charge in [-0.1, -0.05) is 6.07 Å². The SMILES string of the molecule is O=c1cccc2n1CC1CC2CN(c2nc(NCC3CCCO3)nc(N3CCOCC3)n2)C1. The van der Waals surface area contributed by atoms with Crippen LogP contribution in [-0.2, 0) is 16.0 Å². The number of piperidine rings is 1. The number of fused-ring (bicyclic) bond motifs is 4. The van der Waals surface area contributed by atoms with Crippen molar-refractivity contribution in [3.8, 4) is 0 Å². The smallest absolute Gasteiger partial charge is 0.250 e. The molecule has 4 aliphatic heterocycles. The first-order valence-corrected chi connectivity index (χ1v) is 12.1. The molecule has 10 nitrogen and oxygen atoms in total. The molecule has 3 unspecified atom stereocenters. The lowest BCUT2D eigenvalue weighted by atomic mass is 9.83. The zero-order chi connectivity index (χ0) is 22.2. The summed E-state index contributed by atoms with van der Waals surface area (Å²) >= 11 is 0. The average Bonchev–Trinajstić information content (AvgIpc) is 3.38. The van der Waals surface area contributed by atoms with E-state index in [0.29, 0.717) is 49.4 Å². The molecular formula is C23H31N7O3. The van der Waals surface area contributed by atoms with Crippen molar-refractivity contribution in [1.82, 2.24) is 19.5 Å². The molecule has 2 aromatic rings. The first-order valence-electron chi connectivity index (χ1n) is 12.1. The van der Waals surface area contributed by atoms with Crippen molar-refractivity contribution < 1.29 is 9.47 Å². The summed E-state index contributed by atoms with van der Waals surface area (Å²) < 4.78 is 13.2. The molecule has 2 aromatic heterocycles. The Morgan fingerprint density at radius 2 is 1.85 bits per heavy atom. The summed E-state index contributed by atoms with van der Waals surface area (Å²) in [7, 11) is 0. The van der Waals surface area contributed by atoms with E-state index in [1.807, 2.05) is 10.6 Å². The largest absolute Gasteiger partial charge is 0.378 e. The van der Waals surface area contributed by atoms with Gasteiger partial charge in [0.05, 0.1) is 19.3 Å². The summed E-state index contributed by atoms with van der Waals surface area (Å²) in [6, 6.07) is 5.63. The first kappa shape index (κ1) is 20.9. The van der Waals surface area contributed by atoms with Crippen LogP contribution in [-0.4, -0.2) is 78.2 Å². The van der Waals surface area contributed by atoms with Gasteiger partial charge >= 0.3 is 0 Å². The van der Waals surface area contributed by atoms with Crippen LogP contribution in [0.25, 0.3) is 0 Å². The van der Waals surface area contributed by atoms with Gasteiger partial charge in [0, 0.05) is 63.6 Å². The molecule has 33 heavy (non-hydrogen) atoms. The molecular weight excluding hydrogens is 422 g/mol. The van der Waals surface area contributed by atoms with Crippen molar-refractivity contribution in [3.63, 3.8) is 0 Å². The number of rotatable bonds is 5. The van der Waals surface area contributed by atoms with Crippen LogP contribution in [0.2, 0.25) is 0 Å². The molecule has 4 aliphatic rings. The minimum Gasteiger partial charge on any atom is -0.378 e.